The van der Waals surface area contributed by atoms with Crippen molar-refractivity contribution in [2.24, 2.45) is 5.73 Å². The van der Waals surface area contributed by atoms with Gasteiger partial charge in [-0.3, -0.25) is 0 Å². The number of hydrogen-bond donors (Lipinski definition) is 1. The van der Waals surface area contributed by atoms with E-state index in [0.29, 0.717) is 6.61 Å². The first-order valence-electron chi connectivity index (χ1n) is 6.98. The van der Waals surface area contributed by atoms with Crippen molar-refractivity contribution in [3.05, 3.63) is 46.8 Å². The van der Waals surface area contributed by atoms with Gasteiger partial charge in [0.2, 0.25) is 0 Å². The zero-order valence-electron chi connectivity index (χ0n) is 12.3. The second-order valence-corrected chi connectivity index (χ2v) is 5.20. The predicted octanol–water partition coefficient (Wildman–Crippen LogP) is 3.15. The molecule has 1 aromatic carbocycles. The van der Waals surface area contributed by atoms with E-state index in [2.05, 4.69) is 38.1 Å². The lowest BCUT2D eigenvalue weighted by Gasteiger charge is -2.15. The first kappa shape index (κ1) is 14.6. The number of aromatic nitrogens is 1. The van der Waals surface area contributed by atoms with Gasteiger partial charge in [-0.15, -0.1) is 0 Å². The Hall–Kier alpha value is -1.81. The van der Waals surface area contributed by atoms with Gasteiger partial charge in [-0.1, -0.05) is 24.2 Å². The second-order valence-electron chi connectivity index (χ2n) is 5.20. The molecule has 1 atom stereocenters. The van der Waals surface area contributed by atoms with Gasteiger partial charge < -0.3 is 15.0 Å². The molecule has 0 amide bonds. The van der Waals surface area contributed by atoms with Crippen molar-refractivity contribution in [3.8, 4) is 5.75 Å². The van der Waals surface area contributed by atoms with Gasteiger partial charge in [0.15, 0.2) is 5.76 Å². The van der Waals surface area contributed by atoms with E-state index in [0.717, 1.165) is 35.5 Å². The third kappa shape index (κ3) is 3.61. The molecular formula is C16H22N2O2. The van der Waals surface area contributed by atoms with Crippen molar-refractivity contribution < 1.29 is 9.26 Å². The van der Waals surface area contributed by atoms with Crippen molar-refractivity contribution in [2.75, 3.05) is 0 Å². The summed E-state index contributed by atoms with van der Waals surface area (Å²) in [4.78, 5) is 0. The van der Waals surface area contributed by atoms with Crippen LogP contribution in [0.5, 0.6) is 5.75 Å². The molecule has 1 aromatic heterocycles. The molecule has 4 nitrogen and oxygen atoms in total. The van der Waals surface area contributed by atoms with E-state index < -0.39 is 0 Å². The molecule has 0 radical (unpaired) electrons. The number of benzene rings is 1. The molecular weight excluding hydrogens is 252 g/mol. The van der Waals surface area contributed by atoms with Crippen molar-refractivity contribution >= 4 is 0 Å². The molecule has 0 aliphatic heterocycles. The maximum absolute atomic E-state index is 6.02. The Bertz CT molecular complexity index is 527. The molecule has 0 fully saturated rings. The Labute approximate surface area is 119 Å². The van der Waals surface area contributed by atoms with Gasteiger partial charge in [0, 0.05) is 12.1 Å². The topological polar surface area (TPSA) is 61.3 Å². The molecule has 1 unspecified atom stereocenters. The molecule has 0 aliphatic rings. The maximum Gasteiger partial charge on any atom is 0.174 e. The molecule has 4 heteroatoms. The summed E-state index contributed by atoms with van der Waals surface area (Å²) in [6.45, 7) is 6.63. The minimum Gasteiger partial charge on any atom is -0.485 e. The third-order valence-electron chi connectivity index (χ3n) is 3.39. The Morgan fingerprint density at radius 3 is 2.55 bits per heavy atom. The Morgan fingerprint density at radius 2 is 2.00 bits per heavy atom. The van der Waals surface area contributed by atoms with E-state index in [9.17, 15) is 0 Å². The molecule has 0 aliphatic carbocycles. The van der Waals surface area contributed by atoms with Crippen molar-refractivity contribution in [3.63, 3.8) is 0 Å². The third-order valence-corrected chi connectivity index (χ3v) is 3.39. The van der Waals surface area contributed by atoms with Crippen LogP contribution in [0.25, 0.3) is 0 Å². The fourth-order valence-electron chi connectivity index (χ4n) is 2.29. The lowest BCUT2D eigenvalue weighted by atomic mass is 9.99. The van der Waals surface area contributed by atoms with Crippen LogP contribution >= 0.6 is 0 Å². The van der Waals surface area contributed by atoms with E-state index in [1.165, 1.54) is 5.56 Å². The van der Waals surface area contributed by atoms with Gasteiger partial charge in [-0.05, 0) is 43.4 Å². The van der Waals surface area contributed by atoms with Gasteiger partial charge >= 0.3 is 0 Å². The number of nitrogens with zero attached hydrogens (tertiary/aromatic N) is 1. The summed E-state index contributed by atoms with van der Waals surface area (Å²) in [6, 6.07) is 6.32. The van der Waals surface area contributed by atoms with Crippen LogP contribution in [0.1, 0.15) is 35.8 Å². The molecule has 2 rings (SSSR count). The van der Waals surface area contributed by atoms with Gasteiger partial charge in [0.25, 0.3) is 0 Å². The number of hydrogen-bond acceptors (Lipinski definition) is 4. The molecule has 108 valence electrons. The van der Waals surface area contributed by atoms with Gasteiger partial charge in [0.1, 0.15) is 12.4 Å². The number of ether oxygens (including phenoxy) is 1. The highest BCUT2D eigenvalue weighted by molar-refractivity contribution is 5.43. The summed E-state index contributed by atoms with van der Waals surface area (Å²) >= 11 is 0. The fraction of sp³-hybridized carbons (Fsp3) is 0.438. The van der Waals surface area contributed by atoms with Crippen LogP contribution in [0.3, 0.4) is 0 Å². The number of aryl methyl sites for hydroxylation is 2. The monoisotopic (exact) mass is 274 g/mol. The highest BCUT2D eigenvalue weighted by Gasteiger charge is 2.10. The van der Waals surface area contributed by atoms with Gasteiger partial charge in [-0.25, -0.2) is 0 Å². The van der Waals surface area contributed by atoms with E-state index >= 15 is 0 Å². The highest BCUT2D eigenvalue weighted by atomic mass is 16.5. The normalized spacial score (nSPS) is 12.4. The zero-order valence-corrected chi connectivity index (χ0v) is 12.3. The lowest BCUT2D eigenvalue weighted by Crippen LogP contribution is -2.21. The summed E-state index contributed by atoms with van der Waals surface area (Å²) in [7, 11) is 0. The second kappa shape index (κ2) is 6.57. The average molecular weight is 274 g/mol. The Morgan fingerprint density at radius 1 is 1.30 bits per heavy atom. The van der Waals surface area contributed by atoms with Crippen molar-refractivity contribution in [1.82, 2.24) is 5.16 Å². The highest BCUT2D eigenvalue weighted by Crippen LogP contribution is 2.26. The lowest BCUT2D eigenvalue weighted by molar-refractivity contribution is 0.246. The number of rotatable bonds is 6. The summed E-state index contributed by atoms with van der Waals surface area (Å²) in [5, 5.41) is 3.67. The van der Waals surface area contributed by atoms with E-state index in [1.807, 2.05) is 0 Å². The largest absolute Gasteiger partial charge is 0.485 e. The van der Waals surface area contributed by atoms with Crippen molar-refractivity contribution in [1.29, 1.82) is 0 Å². The predicted molar refractivity (Wildman–Crippen MR) is 78.7 cm³/mol. The van der Waals surface area contributed by atoms with Gasteiger partial charge in [0.05, 0.1) is 6.20 Å². The van der Waals surface area contributed by atoms with Crippen LogP contribution in [0, 0.1) is 13.8 Å². The SMILES string of the molecule is CCC(N)Cc1cc(C)c(OCc2ccno2)c(C)c1. The Kier molecular flexibility index (Phi) is 4.79. The van der Waals surface area contributed by atoms with E-state index in [1.54, 1.807) is 12.3 Å². The summed E-state index contributed by atoms with van der Waals surface area (Å²) in [6.07, 6.45) is 3.51. The molecule has 2 N–H and O–H groups in total. The first-order chi connectivity index (χ1) is 9.60. The Balaban J connectivity index is 2.10. The molecule has 0 saturated carbocycles. The zero-order chi connectivity index (χ0) is 14.5. The van der Waals surface area contributed by atoms with E-state index in [-0.39, 0.29) is 6.04 Å². The molecule has 0 saturated heterocycles. The van der Waals surface area contributed by atoms with E-state index in [4.69, 9.17) is 15.0 Å². The van der Waals surface area contributed by atoms with Crippen LogP contribution < -0.4 is 10.5 Å². The number of nitrogens with two attached hydrogens (primary N) is 1. The molecule has 0 bridgehead atoms. The maximum atomic E-state index is 6.02. The molecule has 2 aromatic rings. The van der Waals surface area contributed by atoms with Gasteiger partial charge in [-0.2, -0.15) is 0 Å². The molecule has 0 spiro atoms. The minimum atomic E-state index is 0.217. The smallest absolute Gasteiger partial charge is 0.174 e. The van der Waals surface area contributed by atoms with Crippen molar-refractivity contribution in [2.45, 2.75) is 46.3 Å². The van der Waals surface area contributed by atoms with Crippen LogP contribution in [0.4, 0.5) is 0 Å². The molecule has 1 heterocycles. The van der Waals surface area contributed by atoms with Crippen LogP contribution in [0.15, 0.2) is 28.9 Å². The van der Waals surface area contributed by atoms with Crippen LogP contribution in [0.2, 0.25) is 0 Å². The fourth-order valence-corrected chi connectivity index (χ4v) is 2.29. The standard InChI is InChI=1S/C16H22N2O2/c1-4-14(17)9-13-7-11(2)16(12(3)8-13)19-10-15-5-6-18-20-15/h5-8,14H,4,9-10,17H2,1-3H3. The van der Waals surface area contributed by atoms with Crippen LogP contribution in [-0.2, 0) is 13.0 Å². The quantitative estimate of drug-likeness (QED) is 0.879. The molecule has 20 heavy (non-hydrogen) atoms. The summed E-state index contributed by atoms with van der Waals surface area (Å²) in [5.41, 5.74) is 9.54. The minimum absolute atomic E-state index is 0.217. The average Bonchev–Trinajstić information content (AvgIpc) is 2.90. The summed E-state index contributed by atoms with van der Waals surface area (Å²) < 4.78 is 10.9. The summed E-state index contributed by atoms with van der Waals surface area (Å²) in [5.74, 6) is 1.64. The van der Waals surface area contributed by atoms with Crippen LogP contribution in [-0.4, -0.2) is 11.2 Å². The first-order valence-corrected chi connectivity index (χ1v) is 6.98.